The molecule has 0 aliphatic heterocycles. The Morgan fingerprint density at radius 2 is 1.95 bits per heavy atom. The number of hydrogen-bond acceptors (Lipinski definition) is 5. The molecule has 0 aliphatic rings. The van der Waals surface area contributed by atoms with Crippen LogP contribution in [-0.2, 0) is 9.53 Å². The maximum Gasteiger partial charge on any atom is 0.342 e. The molecule has 0 spiro atoms. The molecule has 0 heterocycles. The third-order valence-electron chi connectivity index (χ3n) is 2.12. The molecule has 20 heavy (non-hydrogen) atoms. The lowest BCUT2D eigenvalue weighted by Gasteiger charge is -2.17. The van der Waals surface area contributed by atoms with E-state index in [2.05, 4.69) is 4.74 Å². The zero-order valence-electron chi connectivity index (χ0n) is 9.91. The van der Waals surface area contributed by atoms with Crippen LogP contribution in [0.5, 0.6) is 5.75 Å². The molecule has 0 unspecified atom stereocenters. The van der Waals surface area contributed by atoms with Gasteiger partial charge in [0.05, 0.1) is 10.7 Å². The second-order valence-electron chi connectivity index (χ2n) is 3.54. The van der Waals surface area contributed by atoms with Gasteiger partial charge in [-0.25, -0.2) is 4.79 Å². The maximum atomic E-state index is 12.8. The molecule has 5 nitrogen and oxygen atoms in total. The van der Waals surface area contributed by atoms with Crippen molar-refractivity contribution in [3.63, 3.8) is 0 Å². The van der Waals surface area contributed by atoms with Crippen LogP contribution in [0.15, 0.2) is 12.1 Å². The first-order valence-corrected chi connectivity index (χ1v) is 7.14. The fourth-order valence-corrected chi connectivity index (χ4v) is 3.28. The molecule has 9 heteroatoms. The van der Waals surface area contributed by atoms with Crippen molar-refractivity contribution >= 4 is 57.1 Å². The summed E-state index contributed by atoms with van der Waals surface area (Å²) in [5, 5.41) is 10.1. The Balaban J connectivity index is 2.96. The molecule has 0 radical (unpaired) electrons. The van der Waals surface area contributed by atoms with Gasteiger partial charge in [0.15, 0.2) is 6.61 Å². The molecule has 0 amide bonds. The van der Waals surface area contributed by atoms with Crippen LogP contribution in [0.3, 0.4) is 0 Å². The standard InChI is InChI=1S/C11H8F2I2O5/c1-19-8-6(2-5(14)3-7(8)15)9(16)20-4-11(12,13)10(17)18/h2-3H,4H2,1H3,(H,17,18)/p-1. The van der Waals surface area contributed by atoms with Crippen LogP contribution in [0.1, 0.15) is 10.4 Å². The Morgan fingerprint density at radius 1 is 1.35 bits per heavy atom. The van der Waals surface area contributed by atoms with Gasteiger partial charge >= 0.3 is 11.9 Å². The second kappa shape index (κ2) is 6.83. The van der Waals surface area contributed by atoms with Crippen LogP contribution >= 0.6 is 45.2 Å². The van der Waals surface area contributed by atoms with E-state index in [-0.39, 0.29) is 11.3 Å². The number of carbonyl (C=O) groups excluding carboxylic acids is 2. The summed E-state index contributed by atoms with van der Waals surface area (Å²) in [5.74, 6) is -7.76. The van der Waals surface area contributed by atoms with E-state index in [0.717, 1.165) is 0 Å². The van der Waals surface area contributed by atoms with Gasteiger partial charge in [-0.3, -0.25) is 0 Å². The summed E-state index contributed by atoms with van der Waals surface area (Å²) in [6.45, 7) is -1.60. The fraction of sp³-hybridized carbons (Fsp3) is 0.273. The Kier molecular flexibility index (Phi) is 5.91. The molecule has 0 bridgehead atoms. The van der Waals surface area contributed by atoms with E-state index in [1.54, 1.807) is 6.07 Å². The molecule has 1 aromatic rings. The predicted octanol–water partition coefficient (Wildman–Crippen LogP) is 1.45. The molecule has 0 N–H and O–H groups in total. The van der Waals surface area contributed by atoms with Gasteiger partial charge in [0.25, 0.3) is 0 Å². The van der Waals surface area contributed by atoms with Crippen LogP contribution in [0.25, 0.3) is 0 Å². The maximum absolute atomic E-state index is 12.8. The van der Waals surface area contributed by atoms with Crippen molar-refractivity contribution in [3.8, 4) is 5.75 Å². The molecule has 0 atom stereocenters. The number of carbonyl (C=O) groups is 2. The van der Waals surface area contributed by atoms with Gasteiger partial charge in [0.1, 0.15) is 17.3 Å². The van der Waals surface area contributed by atoms with Crippen molar-refractivity contribution < 1.29 is 33.0 Å². The third-order valence-corrected chi connectivity index (χ3v) is 3.54. The van der Waals surface area contributed by atoms with E-state index >= 15 is 0 Å². The first-order chi connectivity index (χ1) is 9.19. The number of rotatable bonds is 5. The van der Waals surface area contributed by atoms with Crippen molar-refractivity contribution in [2.24, 2.45) is 0 Å². The molecular formula is C11H7F2I2O5-. The van der Waals surface area contributed by atoms with Gasteiger partial charge in [-0.1, -0.05) is 0 Å². The van der Waals surface area contributed by atoms with Gasteiger partial charge < -0.3 is 19.4 Å². The van der Waals surface area contributed by atoms with E-state index < -0.39 is 24.5 Å². The normalized spacial score (nSPS) is 11.1. The summed E-state index contributed by atoms with van der Waals surface area (Å²) in [6, 6.07) is 3.10. The quantitative estimate of drug-likeness (QED) is 0.443. The summed E-state index contributed by atoms with van der Waals surface area (Å²) in [7, 11) is 1.32. The highest BCUT2D eigenvalue weighted by molar-refractivity contribution is 14.1. The Morgan fingerprint density at radius 3 is 2.45 bits per heavy atom. The van der Waals surface area contributed by atoms with Gasteiger partial charge in [-0.2, -0.15) is 8.78 Å². The topological polar surface area (TPSA) is 75.7 Å². The van der Waals surface area contributed by atoms with Crippen LogP contribution < -0.4 is 9.84 Å². The SMILES string of the molecule is COc1c(I)cc(I)cc1C(=O)OCC(F)(F)C(=O)[O-]. The Bertz CT molecular complexity index is 548. The lowest BCUT2D eigenvalue weighted by molar-refractivity contribution is -0.331. The van der Waals surface area contributed by atoms with Crippen molar-refractivity contribution in [3.05, 3.63) is 24.8 Å². The first-order valence-electron chi connectivity index (χ1n) is 4.98. The molecule has 0 saturated carbocycles. The number of esters is 1. The number of aliphatic carboxylic acids is 1. The highest BCUT2D eigenvalue weighted by Gasteiger charge is 2.33. The van der Waals surface area contributed by atoms with E-state index in [4.69, 9.17) is 4.74 Å². The summed E-state index contributed by atoms with van der Waals surface area (Å²) in [6.07, 6.45) is 0. The summed E-state index contributed by atoms with van der Waals surface area (Å²) in [4.78, 5) is 21.9. The average molecular weight is 511 g/mol. The van der Waals surface area contributed by atoms with Crippen LogP contribution in [0.2, 0.25) is 0 Å². The number of carboxylic acid groups (broad SMARTS) is 1. The molecule has 0 aromatic heterocycles. The van der Waals surface area contributed by atoms with Crippen molar-refractivity contribution in [2.45, 2.75) is 5.92 Å². The molecule has 0 saturated heterocycles. The van der Waals surface area contributed by atoms with E-state index in [0.29, 0.717) is 7.14 Å². The predicted molar refractivity (Wildman–Crippen MR) is 78.7 cm³/mol. The number of alkyl halides is 2. The lowest BCUT2D eigenvalue weighted by Crippen LogP contribution is -2.45. The number of ether oxygens (including phenoxy) is 2. The minimum atomic E-state index is -4.24. The smallest absolute Gasteiger partial charge is 0.342 e. The van der Waals surface area contributed by atoms with Gasteiger partial charge in [-0.05, 0) is 57.3 Å². The van der Waals surface area contributed by atoms with Gasteiger partial charge in [0.2, 0.25) is 0 Å². The van der Waals surface area contributed by atoms with Crippen molar-refractivity contribution in [2.75, 3.05) is 13.7 Å². The number of hydrogen-bond donors (Lipinski definition) is 0. The number of carboxylic acids is 1. The molecular weight excluding hydrogens is 504 g/mol. The fourth-order valence-electron chi connectivity index (χ4n) is 1.21. The van der Waals surface area contributed by atoms with Gasteiger partial charge in [0, 0.05) is 3.57 Å². The van der Waals surface area contributed by atoms with Gasteiger partial charge in [-0.15, -0.1) is 0 Å². The second-order valence-corrected chi connectivity index (χ2v) is 5.94. The van der Waals surface area contributed by atoms with Crippen molar-refractivity contribution in [1.29, 1.82) is 0 Å². The Hall–Kier alpha value is -0.720. The highest BCUT2D eigenvalue weighted by atomic mass is 127. The van der Waals surface area contributed by atoms with Crippen LogP contribution in [0.4, 0.5) is 8.78 Å². The number of methoxy groups -OCH3 is 1. The third kappa shape index (κ3) is 4.14. The minimum absolute atomic E-state index is 0.0575. The molecule has 0 fully saturated rings. The monoisotopic (exact) mass is 511 g/mol. The molecule has 1 rings (SSSR count). The molecule has 1 aromatic carbocycles. The van der Waals surface area contributed by atoms with Crippen LogP contribution in [-0.4, -0.2) is 31.6 Å². The average Bonchev–Trinajstić information content (AvgIpc) is 2.35. The first kappa shape index (κ1) is 17.3. The number of benzene rings is 1. The Labute approximate surface area is 139 Å². The largest absolute Gasteiger partial charge is 0.544 e. The molecule has 0 aliphatic carbocycles. The lowest BCUT2D eigenvalue weighted by atomic mass is 10.2. The molecule has 110 valence electrons. The van der Waals surface area contributed by atoms with Crippen LogP contribution in [0, 0.1) is 7.14 Å². The highest BCUT2D eigenvalue weighted by Crippen LogP contribution is 2.29. The zero-order chi connectivity index (χ0) is 15.5. The van der Waals surface area contributed by atoms with E-state index in [1.807, 2.05) is 45.2 Å². The minimum Gasteiger partial charge on any atom is -0.544 e. The van der Waals surface area contributed by atoms with Crippen molar-refractivity contribution in [1.82, 2.24) is 0 Å². The summed E-state index contributed by atoms with van der Waals surface area (Å²) in [5.41, 5.74) is -0.0575. The zero-order valence-corrected chi connectivity index (χ0v) is 14.2. The summed E-state index contributed by atoms with van der Waals surface area (Å²) < 4.78 is 36.2. The van der Waals surface area contributed by atoms with E-state index in [1.165, 1.54) is 13.2 Å². The summed E-state index contributed by atoms with van der Waals surface area (Å²) >= 11 is 3.84. The number of halogens is 4. The van der Waals surface area contributed by atoms with E-state index in [9.17, 15) is 23.5 Å².